The van der Waals surface area contributed by atoms with Gasteiger partial charge in [0.15, 0.2) is 0 Å². The Morgan fingerprint density at radius 2 is 2.05 bits per heavy atom. The zero-order valence-electron chi connectivity index (χ0n) is 12.3. The van der Waals surface area contributed by atoms with E-state index in [4.69, 9.17) is 5.11 Å². The van der Waals surface area contributed by atoms with Crippen molar-refractivity contribution < 1.29 is 14.7 Å². The largest absolute Gasteiger partial charge is 0.480 e. The molecule has 0 aliphatic carbocycles. The van der Waals surface area contributed by atoms with E-state index in [1.165, 1.54) is 0 Å². The number of aliphatic carboxylic acids is 1. The van der Waals surface area contributed by atoms with Gasteiger partial charge in [-0.3, -0.25) is 14.5 Å². The average Bonchev–Trinajstić information content (AvgIpc) is 2.87. The molecule has 2 atom stereocenters. The fourth-order valence-electron chi connectivity index (χ4n) is 2.60. The van der Waals surface area contributed by atoms with E-state index in [1.54, 1.807) is 4.90 Å². The summed E-state index contributed by atoms with van der Waals surface area (Å²) in [4.78, 5) is 24.9. The predicted octanol–water partition coefficient (Wildman–Crippen LogP) is 2.60. The number of likely N-dealkylation sites (tertiary alicyclic amines) is 1. The number of carboxylic acids is 1. The second kappa shape index (κ2) is 8.50. The number of halogens is 2. The lowest BCUT2D eigenvalue weighted by molar-refractivity contribution is -0.142. The van der Waals surface area contributed by atoms with Gasteiger partial charge in [0.2, 0.25) is 5.91 Å². The highest BCUT2D eigenvalue weighted by Crippen LogP contribution is 2.18. The van der Waals surface area contributed by atoms with Crippen molar-refractivity contribution in [2.24, 2.45) is 0 Å². The normalized spacial score (nSPS) is 19.3. The number of rotatable bonds is 5. The van der Waals surface area contributed by atoms with Crippen molar-refractivity contribution in [2.75, 3.05) is 13.1 Å². The number of carbonyl (C=O) groups is 2. The maximum atomic E-state index is 12.1. The van der Waals surface area contributed by atoms with Crippen LogP contribution in [-0.4, -0.2) is 41.0 Å². The Hall–Kier alpha value is -1.11. The minimum atomic E-state index is -0.846. The molecule has 0 bridgehead atoms. The monoisotopic (exact) mass is 390 g/mol. The lowest BCUT2D eigenvalue weighted by atomic mass is 10.1. The van der Waals surface area contributed by atoms with Gasteiger partial charge in [-0.1, -0.05) is 28.1 Å². The first-order valence-electron chi connectivity index (χ1n) is 6.99. The van der Waals surface area contributed by atoms with Gasteiger partial charge in [-0.15, -0.1) is 12.4 Å². The molecular weight excluding hydrogens is 372 g/mol. The third-order valence-electron chi connectivity index (χ3n) is 3.74. The summed E-state index contributed by atoms with van der Waals surface area (Å²) in [6, 6.07) is 7.13. The summed E-state index contributed by atoms with van der Waals surface area (Å²) in [5.74, 6) is -0.986. The summed E-state index contributed by atoms with van der Waals surface area (Å²) < 4.78 is 0.992. The number of amides is 1. The molecule has 0 aromatic heterocycles. The van der Waals surface area contributed by atoms with Crippen LogP contribution < -0.4 is 5.32 Å². The Morgan fingerprint density at radius 1 is 1.41 bits per heavy atom. The van der Waals surface area contributed by atoms with E-state index in [9.17, 15) is 9.59 Å². The van der Waals surface area contributed by atoms with Crippen LogP contribution >= 0.6 is 28.3 Å². The molecule has 1 heterocycles. The number of benzene rings is 1. The van der Waals surface area contributed by atoms with Gasteiger partial charge in [-0.25, -0.2) is 0 Å². The van der Waals surface area contributed by atoms with E-state index in [0.717, 1.165) is 16.5 Å². The van der Waals surface area contributed by atoms with Crippen molar-refractivity contribution in [1.82, 2.24) is 10.2 Å². The summed E-state index contributed by atoms with van der Waals surface area (Å²) in [7, 11) is 0. The van der Waals surface area contributed by atoms with Gasteiger partial charge in [0.1, 0.15) is 6.04 Å². The standard InChI is InChI=1S/C15H19BrN2O3.ClH/c1-10(11-4-6-12(16)7-5-11)17-14(19)9-18-8-2-3-13(18)15(20)21;/h4-7,10,13H,2-3,8-9H2,1H3,(H,17,19)(H,20,21);1H. The number of hydrogen-bond acceptors (Lipinski definition) is 3. The Labute approximate surface area is 144 Å². The van der Waals surface area contributed by atoms with Crippen molar-refractivity contribution in [3.8, 4) is 0 Å². The van der Waals surface area contributed by atoms with Crippen LogP contribution in [0.15, 0.2) is 28.7 Å². The molecule has 1 aromatic carbocycles. The minimum absolute atomic E-state index is 0. The highest BCUT2D eigenvalue weighted by atomic mass is 79.9. The zero-order valence-corrected chi connectivity index (χ0v) is 14.7. The first-order valence-corrected chi connectivity index (χ1v) is 7.78. The second-order valence-corrected chi connectivity index (χ2v) is 6.22. The van der Waals surface area contributed by atoms with Crippen LogP contribution in [0.2, 0.25) is 0 Å². The lowest BCUT2D eigenvalue weighted by Gasteiger charge is -2.22. The average molecular weight is 392 g/mol. The van der Waals surface area contributed by atoms with Gasteiger partial charge in [0.25, 0.3) is 0 Å². The number of carboxylic acid groups (broad SMARTS) is 1. The van der Waals surface area contributed by atoms with Crippen LogP contribution in [0.25, 0.3) is 0 Å². The molecule has 2 unspecified atom stereocenters. The maximum Gasteiger partial charge on any atom is 0.320 e. The predicted molar refractivity (Wildman–Crippen MR) is 90.2 cm³/mol. The van der Waals surface area contributed by atoms with Crippen molar-refractivity contribution in [3.63, 3.8) is 0 Å². The number of nitrogens with zero attached hydrogens (tertiary/aromatic N) is 1. The number of nitrogens with one attached hydrogen (secondary N) is 1. The number of hydrogen-bond donors (Lipinski definition) is 2. The van der Waals surface area contributed by atoms with Crippen LogP contribution in [0, 0.1) is 0 Å². The van der Waals surface area contributed by atoms with Crippen LogP contribution in [0.3, 0.4) is 0 Å². The van der Waals surface area contributed by atoms with Gasteiger partial charge in [-0.2, -0.15) is 0 Å². The molecule has 0 saturated carbocycles. The van der Waals surface area contributed by atoms with E-state index >= 15 is 0 Å². The van der Waals surface area contributed by atoms with Crippen LogP contribution in [-0.2, 0) is 9.59 Å². The molecule has 0 spiro atoms. The minimum Gasteiger partial charge on any atom is -0.480 e. The van der Waals surface area contributed by atoms with E-state index in [1.807, 2.05) is 31.2 Å². The molecular formula is C15H20BrClN2O3. The molecule has 5 nitrogen and oxygen atoms in total. The molecule has 2 rings (SSSR count). The van der Waals surface area contributed by atoms with E-state index < -0.39 is 12.0 Å². The van der Waals surface area contributed by atoms with Crippen molar-refractivity contribution >= 4 is 40.2 Å². The van der Waals surface area contributed by atoms with Crippen LogP contribution in [0.1, 0.15) is 31.4 Å². The molecule has 1 aliphatic heterocycles. The molecule has 1 amide bonds. The summed E-state index contributed by atoms with van der Waals surface area (Å²) >= 11 is 3.37. The van der Waals surface area contributed by atoms with Crippen LogP contribution in [0.5, 0.6) is 0 Å². The summed E-state index contributed by atoms with van der Waals surface area (Å²) in [6.45, 7) is 2.72. The quantitative estimate of drug-likeness (QED) is 0.809. The molecule has 7 heteroatoms. The summed E-state index contributed by atoms with van der Waals surface area (Å²) in [5, 5.41) is 12.0. The Bertz CT molecular complexity index is 524. The molecule has 1 aromatic rings. The number of carbonyl (C=O) groups excluding carboxylic acids is 1. The molecule has 2 N–H and O–H groups in total. The van der Waals surface area contributed by atoms with Gasteiger partial charge in [-0.05, 0) is 44.0 Å². The smallest absolute Gasteiger partial charge is 0.320 e. The second-order valence-electron chi connectivity index (χ2n) is 5.31. The maximum absolute atomic E-state index is 12.1. The fraction of sp³-hybridized carbons (Fsp3) is 0.467. The molecule has 122 valence electrons. The van der Waals surface area contributed by atoms with E-state index in [0.29, 0.717) is 13.0 Å². The van der Waals surface area contributed by atoms with Gasteiger partial charge < -0.3 is 10.4 Å². The van der Waals surface area contributed by atoms with Crippen molar-refractivity contribution in [2.45, 2.75) is 31.8 Å². The van der Waals surface area contributed by atoms with Crippen molar-refractivity contribution in [3.05, 3.63) is 34.3 Å². The van der Waals surface area contributed by atoms with E-state index in [2.05, 4.69) is 21.2 Å². The molecule has 22 heavy (non-hydrogen) atoms. The molecule has 1 aliphatic rings. The first kappa shape index (κ1) is 18.9. The first-order chi connectivity index (χ1) is 9.97. The Morgan fingerprint density at radius 3 is 2.64 bits per heavy atom. The molecule has 0 radical (unpaired) electrons. The topological polar surface area (TPSA) is 69.6 Å². The highest BCUT2D eigenvalue weighted by Gasteiger charge is 2.31. The lowest BCUT2D eigenvalue weighted by Crippen LogP contribution is -2.43. The van der Waals surface area contributed by atoms with Crippen LogP contribution in [0.4, 0.5) is 0 Å². The Balaban J connectivity index is 0.00000242. The zero-order chi connectivity index (χ0) is 15.4. The highest BCUT2D eigenvalue weighted by molar-refractivity contribution is 9.10. The van der Waals surface area contributed by atoms with E-state index in [-0.39, 0.29) is 30.9 Å². The third kappa shape index (κ3) is 4.97. The van der Waals surface area contributed by atoms with Gasteiger partial charge >= 0.3 is 5.97 Å². The third-order valence-corrected chi connectivity index (χ3v) is 4.27. The van der Waals surface area contributed by atoms with Crippen molar-refractivity contribution in [1.29, 1.82) is 0 Å². The fourth-order valence-corrected chi connectivity index (χ4v) is 2.87. The van der Waals surface area contributed by atoms with Gasteiger partial charge in [0, 0.05) is 4.47 Å². The molecule has 1 saturated heterocycles. The Kier molecular flexibility index (Phi) is 7.32. The summed E-state index contributed by atoms with van der Waals surface area (Å²) in [6.07, 6.45) is 1.44. The molecule has 1 fully saturated rings. The van der Waals surface area contributed by atoms with Gasteiger partial charge in [0.05, 0.1) is 12.6 Å². The SMILES string of the molecule is CC(NC(=O)CN1CCCC1C(=O)O)c1ccc(Br)cc1.Cl. The summed E-state index contributed by atoms with van der Waals surface area (Å²) in [5.41, 5.74) is 1.02.